The Balaban J connectivity index is 1.35. The molecule has 1 fully saturated rings. The van der Waals surface area contributed by atoms with Gasteiger partial charge in [-0.05, 0) is 48.7 Å². The Kier molecular flexibility index (Phi) is 6.69. The van der Waals surface area contributed by atoms with Crippen LogP contribution in [-0.2, 0) is 17.5 Å². The molecular weight excluding hydrogens is 479 g/mol. The summed E-state index contributed by atoms with van der Waals surface area (Å²) in [6.07, 6.45) is -1.10. The van der Waals surface area contributed by atoms with Crippen molar-refractivity contribution >= 4 is 17.8 Å². The largest absolute Gasteiger partial charge is 0.497 e. The van der Waals surface area contributed by atoms with Crippen LogP contribution < -0.4 is 25.8 Å². The lowest BCUT2D eigenvalue weighted by Crippen LogP contribution is -2.48. The summed E-state index contributed by atoms with van der Waals surface area (Å²) in [6, 6.07) is 9.68. The molecule has 1 heterocycles. The fourth-order valence-electron chi connectivity index (χ4n) is 3.38. The maximum absolute atomic E-state index is 13.4. The molecule has 1 aliphatic carbocycles. The average Bonchev–Trinajstić information content (AvgIpc) is 3.64. The van der Waals surface area contributed by atoms with Crippen molar-refractivity contribution in [3.8, 4) is 17.2 Å². The highest BCUT2D eigenvalue weighted by Crippen LogP contribution is 2.40. The lowest BCUT2D eigenvalue weighted by atomic mass is 10.1. The van der Waals surface area contributed by atoms with E-state index in [9.17, 15) is 22.8 Å². The third kappa shape index (κ3) is 5.65. The molecule has 4 rings (SSSR count). The molecule has 1 saturated carbocycles. The summed E-state index contributed by atoms with van der Waals surface area (Å²) < 4.78 is 50.5. The van der Waals surface area contributed by atoms with E-state index in [2.05, 4.69) is 20.6 Å². The van der Waals surface area contributed by atoms with Crippen molar-refractivity contribution in [1.82, 2.24) is 20.6 Å². The van der Waals surface area contributed by atoms with Crippen LogP contribution in [0.4, 0.5) is 19.1 Å². The molecule has 0 spiro atoms. The zero-order valence-corrected chi connectivity index (χ0v) is 19.1. The number of alkyl halides is 3. The van der Waals surface area contributed by atoms with Crippen LogP contribution in [0.5, 0.6) is 17.2 Å². The van der Waals surface area contributed by atoms with Crippen LogP contribution in [0, 0.1) is 0 Å². The van der Waals surface area contributed by atoms with Crippen molar-refractivity contribution in [1.29, 1.82) is 0 Å². The average molecular weight is 501 g/mol. The number of nitrogen functional groups attached to an aromatic ring is 1. The maximum atomic E-state index is 13.4. The van der Waals surface area contributed by atoms with Crippen molar-refractivity contribution in [2.75, 3.05) is 12.8 Å². The van der Waals surface area contributed by atoms with Gasteiger partial charge in [0.2, 0.25) is 11.9 Å². The van der Waals surface area contributed by atoms with Crippen molar-refractivity contribution in [2.24, 2.45) is 0 Å². The molecule has 2 amide bonds. The van der Waals surface area contributed by atoms with E-state index in [1.165, 1.54) is 43.8 Å². The Bertz CT molecular complexity index is 1260. The number of ether oxygens (including phenoxy) is 2. The number of amides is 2. The normalized spacial score (nSPS) is 14.0. The fraction of sp³-hybridized carbons (Fsp3) is 0.250. The van der Waals surface area contributed by atoms with Crippen LogP contribution in [0.2, 0.25) is 0 Å². The summed E-state index contributed by atoms with van der Waals surface area (Å²) in [5.74, 6) is -0.903. The summed E-state index contributed by atoms with van der Waals surface area (Å²) in [6.45, 7) is 0.151. The van der Waals surface area contributed by atoms with E-state index < -0.39 is 23.2 Å². The number of carbonyl (C=O) groups excluding carboxylic acids is 2. The standard InChI is InChI=1S/C24H22F3N5O4/c1-35-17-6-7-19(18(10-17)24(25,26)27)36-16-4-2-14(3-5-16)11-29-21(34)23(8-9-23)32-20(33)15-12-30-22(28)31-13-15/h2-7,10,12-13H,8-9,11H2,1H3,(H,29,34)(H,32,33)(H2,28,30,31). The number of aromatic nitrogens is 2. The predicted molar refractivity (Wildman–Crippen MR) is 122 cm³/mol. The van der Waals surface area contributed by atoms with E-state index in [-0.39, 0.29) is 41.2 Å². The van der Waals surface area contributed by atoms with E-state index in [4.69, 9.17) is 15.2 Å². The number of hydrogen-bond donors (Lipinski definition) is 3. The molecule has 9 nitrogen and oxygen atoms in total. The van der Waals surface area contributed by atoms with Gasteiger partial charge in [0.25, 0.3) is 5.91 Å². The molecule has 2 aromatic carbocycles. The smallest absolute Gasteiger partial charge is 0.420 e. The number of carbonyl (C=O) groups is 2. The number of rotatable bonds is 8. The Labute approximate surface area is 203 Å². The molecule has 1 aliphatic rings. The van der Waals surface area contributed by atoms with E-state index in [0.29, 0.717) is 18.4 Å². The van der Waals surface area contributed by atoms with Crippen molar-refractivity contribution in [2.45, 2.75) is 31.1 Å². The van der Waals surface area contributed by atoms with Gasteiger partial charge < -0.3 is 25.8 Å². The third-order valence-electron chi connectivity index (χ3n) is 5.57. The van der Waals surface area contributed by atoms with E-state index in [1.807, 2.05) is 0 Å². The van der Waals surface area contributed by atoms with Gasteiger partial charge in [-0.15, -0.1) is 0 Å². The Morgan fingerprint density at radius 3 is 2.28 bits per heavy atom. The monoisotopic (exact) mass is 501 g/mol. The maximum Gasteiger partial charge on any atom is 0.420 e. The number of hydrogen-bond acceptors (Lipinski definition) is 7. The van der Waals surface area contributed by atoms with Gasteiger partial charge in [0.1, 0.15) is 28.4 Å². The van der Waals surface area contributed by atoms with Crippen LogP contribution >= 0.6 is 0 Å². The number of nitrogens with one attached hydrogen (secondary N) is 2. The van der Waals surface area contributed by atoms with Gasteiger partial charge in [0.05, 0.1) is 12.7 Å². The number of nitrogens with zero attached hydrogens (tertiary/aromatic N) is 2. The van der Waals surface area contributed by atoms with E-state index >= 15 is 0 Å². The first-order chi connectivity index (χ1) is 17.1. The van der Waals surface area contributed by atoms with Gasteiger partial charge in [-0.1, -0.05) is 12.1 Å². The molecule has 0 saturated heterocycles. The molecule has 0 radical (unpaired) electrons. The van der Waals surface area contributed by atoms with Crippen LogP contribution in [0.15, 0.2) is 54.9 Å². The Morgan fingerprint density at radius 2 is 1.69 bits per heavy atom. The van der Waals surface area contributed by atoms with Crippen molar-refractivity contribution < 1.29 is 32.2 Å². The minimum Gasteiger partial charge on any atom is -0.497 e. The number of halogens is 3. The molecule has 0 aliphatic heterocycles. The summed E-state index contributed by atoms with van der Waals surface area (Å²) >= 11 is 0. The zero-order chi connectivity index (χ0) is 25.9. The topological polar surface area (TPSA) is 128 Å². The quantitative estimate of drug-likeness (QED) is 0.431. The van der Waals surface area contributed by atoms with Crippen LogP contribution in [0.25, 0.3) is 0 Å². The highest BCUT2D eigenvalue weighted by molar-refractivity contribution is 6.00. The van der Waals surface area contributed by atoms with Crippen LogP contribution in [-0.4, -0.2) is 34.4 Å². The summed E-state index contributed by atoms with van der Waals surface area (Å²) in [7, 11) is 1.28. The van der Waals surface area contributed by atoms with Crippen molar-refractivity contribution in [3.63, 3.8) is 0 Å². The molecule has 0 atom stereocenters. The number of methoxy groups -OCH3 is 1. The van der Waals surface area contributed by atoms with Gasteiger partial charge >= 0.3 is 6.18 Å². The Morgan fingerprint density at radius 1 is 1.06 bits per heavy atom. The third-order valence-corrected chi connectivity index (χ3v) is 5.57. The highest BCUT2D eigenvalue weighted by atomic mass is 19.4. The predicted octanol–water partition coefficient (Wildman–Crippen LogP) is 3.46. The number of benzene rings is 2. The molecular formula is C24H22F3N5O4. The van der Waals surface area contributed by atoms with Gasteiger partial charge in [-0.3, -0.25) is 9.59 Å². The first kappa shape index (κ1) is 24.8. The van der Waals surface area contributed by atoms with Gasteiger partial charge in [0, 0.05) is 18.9 Å². The van der Waals surface area contributed by atoms with E-state index in [0.717, 1.165) is 6.07 Å². The number of nitrogens with two attached hydrogens (primary N) is 1. The molecule has 36 heavy (non-hydrogen) atoms. The second kappa shape index (κ2) is 9.72. The van der Waals surface area contributed by atoms with E-state index in [1.54, 1.807) is 12.1 Å². The molecule has 0 unspecified atom stereocenters. The molecule has 1 aromatic heterocycles. The second-order valence-electron chi connectivity index (χ2n) is 8.15. The lowest BCUT2D eigenvalue weighted by molar-refractivity contribution is -0.138. The SMILES string of the molecule is COc1ccc(Oc2ccc(CNC(=O)C3(NC(=O)c4cnc(N)nc4)CC3)cc2)c(C(F)(F)F)c1. The molecule has 188 valence electrons. The lowest BCUT2D eigenvalue weighted by Gasteiger charge is -2.17. The second-order valence-corrected chi connectivity index (χ2v) is 8.15. The van der Waals surface area contributed by atoms with Gasteiger partial charge in [-0.2, -0.15) is 13.2 Å². The van der Waals surface area contributed by atoms with Gasteiger partial charge in [0.15, 0.2) is 0 Å². The highest BCUT2D eigenvalue weighted by Gasteiger charge is 2.51. The zero-order valence-electron chi connectivity index (χ0n) is 19.1. The van der Waals surface area contributed by atoms with Crippen molar-refractivity contribution in [3.05, 3.63) is 71.5 Å². The first-order valence-electron chi connectivity index (χ1n) is 10.8. The molecule has 12 heteroatoms. The minimum absolute atomic E-state index is 0.0339. The first-order valence-corrected chi connectivity index (χ1v) is 10.8. The molecule has 3 aromatic rings. The summed E-state index contributed by atoms with van der Waals surface area (Å²) in [4.78, 5) is 32.6. The number of anilines is 1. The summed E-state index contributed by atoms with van der Waals surface area (Å²) in [5.41, 5.74) is 4.32. The fourth-order valence-corrected chi connectivity index (χ4v) is 3.38. The molecule has 4 N–H and O–H groups in total. The minimum atomic E-state index is -4.62. The Hall–Kier alpha value is -4.35. The van der Waals surface area contributed by atoms with Crippen LogP contribution in [0.1, 0.15) is 34.3 Å². The van der Waals surface area contributed by atoms with Crippen LogP contribution in [0.3, 0.4) is 0 Å². The molecule has 0 bridgehead atoms. The van der Waals surface area contributed by atoms with Gasteiger partial charge in [-0.25, -0.2) is 9.97 Å². The summed E-state index contributed by atoms with van der Waals surface area (Å²) in [5, 5.41) is 5.48.